The Morgan fingerprint density at radius 1 is 1.00 bits per heavy atom. The molecule has 0 fully saturated rings. The van der Waals surface area contributed by atoms with Gasteiger partial charge in [-0.25, -0.2) is 0 Å². The first-order valence-electron chi connectivity index (χ1n) is 4.54. The average Bonchev–Trinajstić information content (AvgIpc) is 2.06. The van der Waals surface area contributed by atoms with Crippen LogP contribution in [0.15, 0.2) is 0 Å². The summed E-state index contributed by atoms with van der Waals surface area (Å²) in [5, 5.41) is 0. The van der Waals surface area contributed by atoms with Gasteiger partial charge in [-0.1, -0.05) is 26.7 Å². The Morgan fingerprint density at radius 3 is 1.69 bits per heavy atom. The van der Waals surface area contributed by atoms with Crippen LogP contribution in [0.3, 0.4) is 0 Å². The van der Waals surface area contributed by atoms with Crippen molar-refractivity contribution in [1.82, 2.24) is 0 Å². The summed E-state index contributed by atoms with van der Waals surface area (Å²) < 4.78 is 9.83. The van der Waals surface area contributed by atoms with E-state index in [1.807, 2.05) is 0 Å². The molecular weight excluding hydrogens is 198 g/mol. The van der Waals surface area contributed by atoms with Crippen molar-refractivity contribution in [2.75, 3.05) is 13.2 Å². The van der Waals surface area contributed by atoms with Crippen molar-refractivity contribution >= 4 is 8.60 Å². The molecule has 0 aromatic rings. The topological polar surface area (TPSA) is 41.5 Å². The maximum Gasteiger partial charge on any atom is 1.00 e. The molecule has 74 valence electrons. The maximum atomic E-state index is 10.9. The molecule has 0 bridgehead atoms. The Bertz CT molecular complexity index is 85.5. The summed E-state index contributed by atoms with van der Waals surface area (Å²) in [6.45, 7) is 5.21. The van der Waals surface area contributed by atoms with Crippen LogP contribution in [0.25, 0.3) is 0 Å². The van der Waals surface area contributed by atoms with E-state index in [1.165, 1.54) is 0 Å². The standard InChI is InChI=1S/C8H18O3P.Na/c1-3-5-7-10-12(9)11-8-6-4-2;/h3-8H2,1-2H3;/q-1;+1. The Balaban J connectivity index is 0. The molecule has 0 saturated heterocycles. The number of rotatable bonds is 8. The third kappa shape index (κ3) is 13.3. The van der Waals surface area contributed by atoms with Crippen molar-refractivity contribution in [2.24, 2.45) is 0 Å². The van der Waals surface area contributed by atoms with Gasteiger partial charge < -0.3 is 13.9 Å². The Kier molecular flexibility index (Phi) is 17.1. The first kappa shape index (κ1) is 16.7. The van der Waals surface area contributed by atoms with E-state index in [0.29, 0.717) is 13.2 Å². The minimum absolute atomic E-state index is 0. The minimum atomic E-state index is -1.85. The number of unbranched alkanes of at least 4 members (excludes halogenated alkanes) is 2. The first-order chi connectivity index (χ1) is 5.81. The summed E-state index contributed by atoms with van der Waals surface area (Å²) in [5.74, 6) is 0. The summed E-state index contributed by atoms with van der Waals surface area (Å²) in [7, 11) is -1.85. The zero-order valence-electron chi connectivity index (χ0n) is 8.91. The van der Waals surface area contributed by atoms with Crippen LogP contribution < -0.4 is 34.5 Å². The van der Waals surface area contributed by atoms with Gasteiger partial charge in [-0.2, -0.15) is 0 Å². The molecule has 0 N–H and O–H groups in total. The normalized spacial score (nSPS) is 10.2. The van der Waals surface area contributed by atoms with Gasteiger partial charge in [0.15, 0.2) is 0 Å². The second kappa shape index (κ2) is 13.3. The Hall–Kier alpha value is 1.31. The van der Waals surface area contributed by atoms with E-state index < -0.39 is 8.60 Å². The molecule has 13 heavy (non-hydrogen) atoms. The van der Waals surface area contributed by atoms with Gasteiger partial charge in [0, 0.05) is 0 Å². The van der Waals surface area contributed by atoms with Gasteiger partial charge in [0.05, 0.1) is 21.8 Å². The predicted molar refractivity (Wildman–Crippen MR) is 48.6 cm³/mol. The van der Waals surface area contributed by atoms with Crippen LogP contribution >= 0.6 is 8.60 Å². The molecule has 0 aliphatic heterocycles. The molecule has 3 nitrogen and oxygen atoms in total. The quantitative estimate of drug-likeness (QED) is 0.303. The summed E-state index contributed by atoms with van der Waals surface area (Å²) in [6.07, 6.45) is 3.99. The zero-order chi connectivity index (χ0) is 9.23. The van der Waals surface area contributed by atoms with Crippen LogP contribution in [0, 0.1) is 0 Å². The molecule has 0 aromatic heterocycles. The van der Waals surface area contributed by atoms with Crippen molar-refractivity contribution in [3.05, 3.63) is 0 Å². The molecule has 0 aliphatic carbocycles. The zero-order valence-corrected chi connectivity index (χ0v) is 11.8. The van der Waals surface area contributed by atoms with Crippen molar-refractivity contribution in [3.8, 4) is 0 Å². The maximum absolute atomic E-state index is 10.9. The van der Waals surface area contributed by atoms with Gasteiger partial charge in [-0.3, -0.25) is 0 Å². The van der Waals surface area contributed by atoms with Crippen molar-refractivity contribution < 1.29 is 43.5 Å². The monoisotopic (exact) mass is 216 g/mol. The summed E-state index contributed by atoms with van der Waals surface area (Å²) in [5.41, 5.74) is 0. The molecular formula is C8H18NaO3P. The first-order valence-corrected chi connectivity index (χ1v) is 5.63. The van der Waals surface area contributed by atoms with Crippen molar-refractivity contribution in [3.63, 3.8) is 0 Å². The van der Waals surface area contributed by atoms with Gasteiger partial charge in [0.2, 0.25) is 0 Å². The molecule has 0 heterocycles. The molecule has 0 radical (unpaired) electrons. The molecule has 0 atom stereocenters. The van der Waals surface area contributed by atoms with Gasteiger partial charge >= 0.3 is 29.6 Å². The van der Waals surface area contributed by atoms with E-state index in [4.69, 9.17) is 9.05 Å². The average molecular weight is 216 g/mol. The van der Waals surface area contributed by atoms with Crippen molar-refractivity contribution in [2.45, 2.75) is 39.5 Å². The SMILES string of the molecule is CCCCOP([O-])OCCCC.[Na+]. The molecule has 0 saturated carbocycles. The third-order valence-electron chi connectivity index (χ3n) is 1.39. The predicted octanol–water partition coefficient (Wildman–Crippen LogP) is -0.789. The van der Waals surface area contributed by atoms with Crippen molar-refractivity contribution in [1.29, 1.82) is 0 Å². The molecule has 0 spiro atoms. The smallest absolute Gasteiger partial charge is 0.786 e. The van der Waals surface area contributed by atoms with E-state index in [9.17, 15) is 4.89 Å². The second-order valence-electron chi connectivity index (χ2n) is 2.60. The number of hydrogen-bond acceptors (Lipinski definition) is 3. The minimum Gasteiger partial charge on any atom is -0.786 e. The number of hydrogen-bond donors (Lipinski definition) is 0. The van der Waals surface area contributed by atoms with Crippen LogP contribution in [-0.4, -0.2) is 13.2 Å². The van der Waals surface area contributed by atoms with Crippen LogP contribution in [0.2, 0.25) is 0 Å². The van der Waals surface area contributed by atoms with Crippen LogP contribution in [-0.2, 0) is 9.05 Å². The van der Waals surface area contributed by atoms with E-state index in [-0.39, 0.29) is 29.6 Å². The third-order valence-corrected chi connectivity index (χ3v) is 2.18. The fourth-order valence-corrected chi connectivity index (χ4v) is 1.23. The molecule has 0 unspecified atom stereocenters. The van der Waals surface area contributed by atoms with Gasteiger partial charge in [0.1, 0.15) is 0 Å². The summed E-state index contributed by atoms with van der Waals surface area (Å²) >= 11 is 0. The van der Waals surface area contributed by atoms with Gasteiger partial charge in [-0.15, -0.1) is 0 Å². The molecule has 0 amide bonds. The molecule has 0 aromatic carbocycles. The Labute approximate surface area is 104 Å². The molecule has 0 aliphatic rings. The van der Waals surface area contributed by atoms with Crippen LogP contribution in [0.1, 0.15) is 39.5 Å². The largest absolute Gasteiger partial charge is 1.00 e. The molecule has 5 heteroatoms. The van der Waals surface area contributed by atoms with Crippen LogP contribution in [0.4, 0.5) is 0 Å². The van der Waals surface area contributed by atoms with E-state index in [2.05, 4.69) is 13.8 Å². The van der Waals surface area contributed by atoms with Crippen LogP contribution in [0.5, 0.6) is 0 Å². The fourth-order valence-electron chi connectivity index (χ4n) is 0.604. The van der Waals surface area contributed by atoms with E-state index in [0.717, 1.165) is 25.7 Å². The van der Waals surface area contributed by atoms with E-state index in [1.54, 1.807) is 0 Å². The van der Waals surface area contributed by atoms with E-state index >= 15 is 0 Å². The van der Waals surface area contributed by atoms with Gasteiger partial charge in [0.25, 0.3) is 0 Å². The summed E-state index contributed by atoms with van der Waals surface area (Å²) in [4.78, 5) is 10.9. The van der Waals surface area contributed by atoms with Gasteiger partial charge in [-0.05, 0) is 12.8 Å². The Morgan fingerprint density at radius 2 is 1.38 bits per heavy atom. The second-order valence-corrected chi connectivity index (χ2v) is 3.56. The molecule has 0 rings (SSSR count). The summed E-state index contributed by atoms with van der Waals surface area (Å²) in [6, 6.07) is 0. The fraction of sp³-hybridized carbons (Fsp3) is 1.00.